The van der Waals surface area contributed by atoms with E-state index in [4.69, 9.17) is 22.1 Å². The smallest absolute Gasteiger partial charge is 0.311 e. The largest absolute Gasteiger partial charge is 0.486 e. The van der Waals surface area contributed by atoms with Crippen LogP contribution in [-0.4, -0.2) is 22.7 Å². The topological polar surface area (TPSA) is 46.5 Å². The van der Waals surface area contributed by atoms with Gasteiger partial charge in [0.05, 0.1) is 6.61 Å². The molecule has 0 aromatic rings. The quantitative estimate of drug-likeness (QED) is 0.393. The molecule has 0 atom stereocenters. The average Bonchev–Trinajstić information content (AvgIpc) is 2.35. The molecule has 0 spiro atoms. The van der Waals surface area contributed by atoms with Crippen molar-refractivity contribution in [2.24, 2.45) is 0 Å². The van der Waals surface area contributed by atoms with Gasteiger partial charge in [-0.3, -0.25) is 4.79 Å². The van der Waals surface area contributed by atoms with E-state index in [2.05, 4.69) is 6.92 Å². The molecule has 112 valence electrons. The Kier molecular flexibility index (Phi) is 13.3. The maximum atomic E-state index is 10.3. The predicted molar refractivity (Wildman–Crippen MR) is 82.6 cm³/mol. The molecule has 0 radical (unpaired) electrons. The first kappa shape index (κ1) is 18.4. The van der Waals surface area contributed by atoms with Gasteiger partial charge in [-0.2, -0.15) is 0 Å². The summed E-state index contributed by atoms with van der Waals surface area (Å²) in [6.45, 7) is 2.80. The number of hydrogen-bond acceptors (Lipinski definition) is 3. The summed E-state index contributed by atoms with van der Waals surface area (Å²) in [5.41, 5.74) is 0. The summed E-state index contributed by atoms with van der Waals surface area (Å²) >= 11 is 4.80. The van der Waals surface area contributed by atoms with Crippen molar-refractivity contribution in [2.75, 3.05) is 6.61 Å². The van der Waals surface area contributed by atoms with Gasteiger partial charge in [0.2, 0.25) is 0 Å². The number of unbranched alkanes of at least 4 members (excludes halogenated alkanes) is 9. The lowest BCUT2D eigenvalue weighted by Crippen LogP contribution is -2.09. The Balaban J connectivity index is 3.10. The normalized spacial score (nSPS) is 10.4. The van der Waals surface area contributed by atoms with Crippen LogP contribution in [0.1, 0.15) is 77.6 Å². The van der Waals surface area contributed by atoms with Crippen LogP contribution in [0.3, 0.4) is 0 Å². The van der Waals surface area contributed by atoms with Crippen molar-refractivity contribution >= 4 is 23.2 Å². The van der Waals surface area contributed by atoms with Gasteiger partial charge in [0.1, 0.15) is 6.42 Å². The molecule has 19 heavy (non-hydrogen) atoms. The SMILES string of the molecule is CCCCCCCCCCCCOC(=S)CC(=O)O. The van der Waals surface area contributed by atoms with E-state index in [9.17, 15) is 4.79 Å². The van der Waals surface area contributed by atoms with Crippen molar-refractivity contribution in [1.29, 1.82) is 0 Å². The summed E-state index contributed by atoms with van der Waals surface area (Å²) in [6, 6.07) is 0. The minimum atomic E-state index is -0.923. The van der Waals surface area contributed by atoms with Crippen LogP contribution in [0.2, 0.25) is 0 Å². The van der Waals surface area contributed by atoms with E-state index in [1.807, 2.05) is 0 Å². The highest BCUT2D eigenvalue weighted by Crippen LogP contribution is 2.10. The summed E-state index contributed by atoms with van der Waals surface area (Å²) in [7, 11) is 0. The third kappa shape index (κ3) is 15.3. The van der Waals surface area contributed by atoms with E-state index < -0.39 is 5.97 Å². The Morgan fingerprint density at radius 3 is 1.89 bits per heavy atom. The third-order valence-corrected chi connectivity index (χ3v) is 3.32. The highest BCUT2D eigenvalue weighted by molar-refractivity contribution is 7.80. The van der Waals surface area contributed by atoms with Crippen LogP contribution in [0, 0.1) is 0 Å². The Morgan fingerprint density at radius 2 is 1.42 bits per heavy atom. The predicted octanol–water partition coefficient (Wildman–Crippen LogP) is 4.73. The maximum Gasteiger partial charge on any atom is 0.311 e. The minimum absolute atomic E-state index is 0.160. The lowest BCUT2D eigenvalue weighted by Gasteiger charge is -2.05. The number of carbonyl (C=O) groups is 1. The molecule has 0 amide bonds. The van der Waals surface area contributed by atoms with Crippen LogP contribution < -0.4 is 0 Å². The molecular weight excluding hydrogens is 260 g/mol. The highest BCUT2D eigenvalue weighted by Gasteiger charge is 2.03. The van der Waals surface area contributed by atoms with Gasteiger partial charge < -0.3 is 9.84 Å². The van der Waals surface area contributed by atoms with Gasteiger partial charge >= 0.3 is 5.97 Å². The minimum Gasteiger partial charge on any atom is -0.486 e. The molecule has 0 aromatic carbocycles. The molecule has 0 aromatic heterocycles. The Morgan fingerprint density at radius 1 is 0.947 bits per heavy atom. The second-order valence-electron chi connectivity index (χ2n) is 4.97. The third-order valence-electron chi connectivity index (χ3n) is 3.06. The molecule has 0 heterocycles. The van der Waals surface area contributed by atoms with Crippen LogP contribution in [0.5, 0.6) is 0 Å². The molecule has 0 aliphatic carbocycles. The number of carboxylic acids is 1. The Bertz CT molecular complexity index is 242. The number of aliphatic carboxylic acids is 1. The van der Waals surface area contributed by atoms with E-state index in [1.54, 1.807) is 0 Å². The van der Waals surface area contributed by atoms with Gasteiger partial charge in [-0.15, -0.1) is 0 Å². The fourth-order valence-corrected chi connectivity index (χ4v) is 2.16. The van der Waals surface area contributed by atoms with E-state index in [-0.39, 0.29) is 11.5 Å². The molecule has 0 rings (SSSR count). The first-order chi connectivity index (χ1) is 9.16. The molecule has 0 unspecified atom stereocenters. The van der Waals surface area contributed by atoms with Gasteiger partial charge in [-0.25, -0.2) is 0 Å². The number of rotatable bonds is 13. The van der Waals surface area contributed by atoms with Gasteiger partial charge in [-0.05, 0) is 18.6 Å². The number of hydrogen-bond donors (Lipinski definition) is 1. The average molecular weight is 288 g/mol. The molecule has 0 bridgehead atoms. The van der Waals surface area contributed by atoms with Crippen molar-refractivity contribution in [2.45, 2.75) is 77.6 Å². The monoisotopic (exact) mass is 288 g/mol. The van der Waals surface area contributed by atoms with Crippen LogP contribution in [0.15, 0.2) is 0 Å². The molecule has 0 aliphatic heterocycles. The van der Waals surface area contributed by atoms with Crippen molar-refractivity contribution in [3.8, 4) is 0 Å². The van der Waals surface area contributed by atoms with Crippen molar-refractivity contribution in [3.05, 3.63) is 0 Å². The molecule has 4 heteroatoms. The lowest BCUT2D eigenvalue weighted by atomic mass is 10.1. The summed E-state index contributed by atoms with van der Waals surface area (Å²) in [4.78, 5) is 10.3. The summed E-state index contributed by atoms with van der Waals surface area (Å²) in [5.74, 6) is -0.923. The zero-order valence-electron chi connectivity index (χ0n) is 12.2. The Hall–Kier alpha value is -0.640. The van der Waals surface area contributed by atoms with Gasteiger partial charge in [0, 0.05) is 0 Å². The zero-order valence-corrected chi connectivity index (χ0v) is 13.0. The van der Waals surface area contributed by atoms with Crippen LogP contribution in [-0.2, 0) is 9.53 Å². The number of thiocarbonyl (C=S) groups is 1. The highest BCUT2D eigenvalue weighted by atomic mass is 32.1. The molecule has 0 fully saturated rings. The molecule has 0 saturated heterocycles. The van der Waals surface area contributed by atoms with Gasteiger partial charge in [0.25, 0.3) is 0 Å². The molecule has 3 nitrogen and oxygen atoms in total. The summed E-state index contributed by atoms with van der Waals surface area (Å²) in [6.07, 6.45) is 12.6. The van der Waals surface area contributed by atoms with Crippen molar-refractivity contribution in [1.82, 2.24) is 0 Å². The lowest BCUT2D eigenvalue weighted by molar-refractivity contribution is -0.135. The Labute approximate surface area is 122 Å². The van der Waals surface area contributed by atoms with Crippen LogP contribution in [0.25, 0.3) is 0 Å². The van der Waals surface area contributed by atoms with E-state index >= 15 is 0 Å². The van der Waals surface area contributed by atoms with Crippen molar-refractivity contribution in [3.63, 3.8) is 0 Å². The van der Waals surface area contributed by atoms with Gasteiger partial charge in [0.15, 0.2) is 5.05 Å². The van der Waals surface area contributed by atoms with E-state index in [0.717, 1.165) is 12.8 Å². The summed E-state index contributed by atoms with van der Waals surface area (Å²) in [5, 5.41) is 8.69. The van der Waals surface area contributed by atoms with E-state index in [0.29, 0.717) is 6.61 Å². The van der Waals surface area contributed by atoms with E-state index in [1.165, 1.54) is 51.4 Å². The standard InChI is InChI=1S/C15H28O3S/c1-2-3-4-5-6-7-8-9-10-11-12-18-15(19)13-14(16)17/h2-13H2,1H3,(H,16,17). The number of carboxylic acid groups (broad SMARTS) is 1. The van der Waals surface area contributed by atoms with Crippen LogP contribution in [0.4, 0.5) is 0 Å². The van der Waals surface area contributed by atoms with Gasteiger partial charge in [-0.1, -0.05) is 64.7 Å². The van der Waals surface area contributed by atoms with Crippen molar-refractivity contribution < 1.29 is 14.6 Å². The first-order valence-electron chi connectivity index (χ1n) is 7.54. The fourth-order valence-electron chi connectivity index (χ4n) is 1.95. The molecule has 1 N–H and O–H groups in total. The molecular formula is C15H28O3S. The molecule has 0 saturated carbocycles. The second kappa shape index (κ2) is 13.8. The number of ether oxygens (including phenoxy) is 1. The second-order valence-corrected chi connectivity index (χ2v) is 5.43. The summed E-state index contributed by atoms with van der Waals surface area (Å²) < 4.78 is 5.18. The van der Waals surface area contributed by atoms with Crippen LogP contribution >= 0.6 is 12.2 Å². The fraction of sp³-hybridized carbons (Fsp3) is 0.867. The maximum absolute atomic E-state index is 10.3. The molecule has 0 aliphatic rings. The zero-order chi connectivity index (χ0) is 14.3. The first-order valence-corrected chi connectivity index (χ1v) is 7.95.